The molecule has 1 fully saturated rings. The summed E-state index contributed by atoms with van der Waals surface area (Å²) in [4.78, 5) is 61.9. The third kappa shape index (κ3) is 7.81. The van der Waals surface area contributed by atoms with Crippen molar-refractivity contribution in [2.75, 3.05) is 19.8 Å². The van der Waals surface area contributed by atoms with Crippen LogP contribution in [0.15, 0.2) is 4.79 Å². The molecule has 1 aliphatic rings. The second-order valence-electron chi connectivity index (χ2n) is 9.27. The Balaban J connectivity index is 2.02. The molecule has 0 saturated carbocycles. The van der Waals surface area contributed by atoms with Crippen molar-refractivity contribution in [2.45, 2.75) is 71.0 Å². The van der Waals surface area contributed by atoms with E-state index in [1.165, 1.54) is 6.92 Å². The van der Waals surface area contributed by atoms with E-state index >= 15 is 0 Å². The number of carbonyl (C=O) groups is 4. The van der Waals surface area contributed by atoms with Crippen LogP contribution >= 0.6 is 8.30 Å². The molecule has 6 unspecified atom stereocenters. The van der Waals surface area contributed by atoms with E-state index in [0.29, 0.717) is 4.68 Å². The lowest BCUT2D eigenvalue weighted by molar-refractivity contribution is -0.166. The number of carbonyl (C=O) groups excluding carboxylic acids is 3. The number of aliphatic carboxylic acids is 1. The maximum Gasteiger partial charge on any atom is 0.361 e. The number of carboxylic acid groups (broad SMARTS) is 1. The van der Waals surface area contributed by atoms with Crippen LogP contribution in [0, 0.1) is 11.3 Å². The van der Waals surface area contributed by atoms with E-state index in [2.05, 4.69) is 20.5 Å². The van der Waals surface area contributed by atoms with Crippen molar-refractivity contribution in [1.82, 2.24) is 30.0 Å². The van der Waals surface area contributed by atoms with Crippen LogP contribution in [0.2, 0.25) is 0 Å². The van der Waals surface area contributed by atoms with Crippen molar-refractivity contribution in [3.05, 3.63) is 16.0 Å². The van der Waals surface area contributed by atoms with E-state index in [4.69, 9.17) is 33.5 Å². The maximum absolute atomic E-state index is 13.4. The highest BCUT2D eigenvalue weighted by Gasteiger charge is 2.52. The van der Waals surface area contributed by atoms with E-state index in [9.17, 15) is 34.3 Å². The van der Waals surface area contributed by atoms with Crippen molar-refractivity contribution in [1.29, 1.82) is 5.26 Å². The Bertz CT molecular complexity index is 1490. The molecule has 6 atom stereocenters. The summed E-state index contributed by atoms with van der Waals surface area (Å²) >= 11 is 0. The minimum atomic E-state index is -2.07. The van der Waals surface area contributed by atoms with Gasteiger partial charge in [0.15, 0.2) is 29.5 Å². The molecule has 3 heterocycles. The third-order valence-corrected chi connectivity index (χ3v) is 7.56. The highest BCUT2D eigenvalue weighted by molar-refractivity contribution is 7.52. The molecule has 0 aromatic carbocycles. The van der Waals surface area contributed by atoms with Crippen LogP contribution in [0.3, 0.4) is 0 Å². The number of hydrogen-bond acceptors (Lipinski definition) is 17. The van der Waals surface area contributed by atoms with Crippen LogP contribution in [0.4, 0.5) is 0 Å². The number of nitrogens with one attached hydrogen (secondary N) is 1. The highest BCUT2D eigenvalue weighted by Crippen LogP contribution is 2.41. The molecular weight excluding hydrogens is 613 g/mol. The van der Waals surface area contributed by atoms with E-state index in [-0.39, 0.29) is 17.5 Å². The van der Waals surface area contributed by atoms with Gasteiger partial charge in [0.2, 0.25) is 11.5 Å². The van der Waals surface area contributed by atoms with Crippen LogP contribution in [0.25, 0.3) is 11.0 Å². The first-order chi connectivity index (χ1) is 20.8. The number of hydrogen-bond donors (Lipinski definition) is 3. The number of nitrogens with zero attached hydrogens (tertiary/aromatic N) is 6. The molecule has 0 aliphatic carbocycles. The Kier molecular flexibility index (Phi) is 11.6. The summed E-state index contributed by atoms with van der Waals surface area (Å²) < 4.78 is 33.0. The van der Waals surface area contributed by atoms with Crippen LogP contribution in [-0.2, 0) is 42.6 Å². The average molecular weight is 644 g/mol. The lowest BCUT2D eigenvalue weighted by Crippen LogP contribution is -2.43. The lowest BCUT2D eigenvalue weighted by atomic mass is 10.1. The van der Waals surface area contributed by atoms with E-state index < -0.39 is 98.1 Å². The van der Waals surface area contributed by atoms with Gasteiger partial charge in [-0.3, -0.25) is 19.5 Å². The van der Waals surface area contributed by atoms with Gasteiger partial charge in [0.05, 0.1) is 19.3 Å². The molecule has 2 aromatic heterocycles. The van der Waals surface area contributed by atoms with Crippen LogP contribution in [0.1, 0.15) is 51.3 Å². The summed E-state index contributed by atoms with van der Waals surface area (Å²) in [5.74, 6) is -5.80. The van der Waals surface area contributed by atoms with Crippen LogP contribution in [0.5, 0.6) is 0 Å². The fourth-order valence-corrected chi connectivity index (χ4v) is 5.54. The van der Waals surface area contributed by atoms with Crippen LogP contribution in [-0.4, -0.2) is 109 Å². The fraction of sp³-hybridized carbons (Fsp3) is 0.609. The van der Waals surface area contributed by atoms with Crippen LogP contribution < -0.4 is 10.6 Å². The first-order valence-electron chi connectivity index (χ1n) is 12.9. The molecule has 2 aromatic rings. The van der Waals surface area contributed by atoms with Gasteiger partial charge < -0.3 is 38.5 Å². The summed E-state index contributed by atoms with van der Waals surface area (Å²) in [5.41, 5.74) is -2.62. The summed E-state index contributed by atoms with van der Waals surface area (Å²) in [7, 11) is -2.07. The maximum atomic E-state index is 13.4. The molecule has 1 saturated heterocycles. The molecule has 44 heavy (non-hydrogen) atoms. The van der Waals surface area contributed by atoms with Crippen molar-refractivity contribution in [3.63, 3.8) is 0 Å². The molecular formula is C23H30N7O13P. The summed E-state index contributed by atoms with van der Waals surface area (Å²) in [6.45, 7) is 5.99. The monoisotopic (exact) mass is 643 g/mol. The van der Waals surface area contributed by atoms with Gasteiger partial charge in [0, 0.05) is 19.9 Å². The summed E-state index contributed by atoms with van der Waals surface area (Å²) in [6, 6.07) is 1.49. The number of fused-ring (bicyclic) bond motifs is 1. The van der Waals surface area contributed by atoms with Gasteiger partial charge in [0.1, 0.15) is 21.0 Å². The first-order valence-corrected chi connectivity index (χ1v) is 14.3. The van der Waals surface area contributed by atoms with Gasteiger partial charge >= 0.3 is 29.4 Å². The predicted molar refractivity (Wildman–Crippen MR) is 142 cm³/mol. The molecule has 20 nitrogen and oxygen atoms in total. The average Bonchev–Trinajstić information content (AvgIpc) is 3.44. The molecule has 0 radical (unpaired) electrons. The third-order valence-electron chi connectivity index (χ3n) is 5.59. The zero-order valence-electron chi connectivity index (χ0n) is 24.1. The summed E-state index contributed by atoms with van der Waals surface area (Å²) in [5, 5.41) is 43.1. The molecule has 21 heteroatoms. The number of rotatable bonds is 14. The SMILES string of the molecule is CCOC(=O)c1nn(O)c2c(=O)n(C3OC(COC(C(=O)O)P(NC(C)C)OCC#N)C(OC(C)=O)C3OC(C)=O)nnc12. The largest absolute Gasteiger partial charge is 0.479 e. The standard InChI is InChI=1S/C23H30N7O13P/c1-6-38-22(36)15-14-16(30(37)26-15)19(33)29(28-25-14)20-18(42-12(5)32)17(41-11(4)31)13(43-20)9-39-23(21(34)35)44(27-10(2)3)40-8-7-24/h10,13,17-18,20,23,27,37H,6,8-9H2,1-5H3,(H,34,35). The van der Waals surface area contributed by atoms with Crippen molar-refractivity contribution >= 4 is 43.2 Å². The normalized spacial score (nSPS) is 21.0. The zero-order chi connectivity index (χ0) is 32.7. The first kappa shape index (κ1) is 34.2. The van der Waals surface area contributed by atoms with Gasteiger partial charge in [-0.15, -0.1) is 10.2 Å². The van der Waals surface area contributed by atoms with Crippen molar-refractivity contribution in [3.8, 4) is 6.07 Å². The number of nitriles is 1. The van der Waals surface area contributed by atoms with E-state index in [1.54, 1.807) is 19.9 Å². The molecule has 0 spiro atoms. The van der Waals surface area contributed by atoms with Gasteiger partial charge in [0.25, 0.3) is 0 Å². The number of esters is 3. The zero-order valence-corrected chi connectivity index (χ0v) is 25.0. The number of aromatic nitrogens is 5. The van der Waals surface area contributed by atoms with Crippen molar-refractivity contribution < 1.29 is 57.7 Å². The van der Waals surface area contributed by atoms with Gasteiger partial charge in [-0.05, 0) is 20.8 Å². The quantitative estimate of drug-likeness (QED) is 0.101. The van der Waals surface area contributed by atoms with Crippen molar-refractivity contribution in [2.24, 2.45) is 0 Å². The predicted octanol–water partition coefficient (Wildman–Crippen LogP) is -0.560. The summed E-state index contributed by atoms with van der Waals surface area (Å²) in [6.07, 6.45) is -6.03. The van der Waals surface area contributed by atoms with E-state index in [1.807, 2.05) is 0 Å². The Hall–Kier alpha value is -4.28. The van der Waals surface area contributed by atoms with Gasteiger partial charge in [-0.25, -0.2) is 9.59 Å². The topological polar surface area (TPSA) is 266 Å². The van der Waals surface area contributed by atoms with E-state index in [0.717, 1.165) is 13.8 Å². The molecule has 1 aliphatic heterocycles. The Morgan fingerprint density at radius 3 is 2.41 bits per heavy atom. The minimum Gasteiger partial charge on any atom is -0.479 e. The fourth-order valence-electron chi connectivity index (χ4n) is 4.07. The van der Waals surface area contributed by atoms with Gasteiger partial charge in [-0.2, -0.15) is 9.94 Å². The second kappa shape index (κ2) is 14.9. The smallest absolute Gasteiger partial charge is 0.361 e. The Labute approximate surface area is 249 Å². The van der Waals surface area contributed by atoms with Gasteiger partial charge in [-0.1, -0.05) is 10.1 Å². The number of ether oxygens (including phenoxy) is 5. The second-order valence-corrected chi connectivity index (χ2v) is 10.9. The molecule has 3 N–H and O–H groups in total. The molecule has 0 amide bonds. The number of carboxylic acids is 1. The Morgan fingerprint density at radius 2 is 1.84 bits per heavy atom. The lowest BCUT2D eigenvalue weighted by Gasteiger charge is -2.27. The Morgan fingerprint density at radius 1 is 1.18 bits per heavy atom. The minimum absolute atomic E-state index is 0.0350. The highest BCUT2D eigenvalue weighted by atomic mass is 31.2. The molecule has 240 valence electrons. The molecule has 0 bridgehead atoms. The molecule has 3 rings (SSSR count).